The minimum absolute atomic E-state index is 0.172. The third-order valence-electron chi connectivity index (χ3n) is 3.94. The van der Waals surface area contributed by atoms with Crippen LogP contribution in [0.5, 0.6) is 0 Å². The summed E-state index contributed by atoms with van der Waals surface area (Å²) < 4.78 is 3.44. The smallest absolute Gasteiger partial charge is 0.277 e. The van der Waals surface area contributed by atoms with Crippen LogP contribution in [0, 0.1) is 0 Å². The van der Waals surface area contributed by atoms with Crippen LogP contribution in [0.15, 0.2) is 59.9 Å². The lowest BCUT2D eigenvalue weighted by molar-refractivity contribution is 0.279. The second kappa shape index (κ2) is 5.33. The lowest BCUT2D eigenvalue weighted by Gasteiger charge is -2.12. The molecule has 0 amide bonds. The maximum Gasteiger partial charge on any atom is 0.277 e. The van der Waals surface area contributed by atoms with Crippen LogP contribution in [0.1, 0.15) is 11.3 Å². The molecule has 1 N–H and O–H groups in total. The topological polar surface area (TPSA) is 72.4 Å². The molecule has 0 fully saturated rings. The van der Waals surface area contributed by atoms with Crippen molar-refractivity contribution in [3.63, 3.8) is 0 Å². The Hall–Kier alpha value is -2.99. The molecule has 0 spiro atoms. The Kier molecular flexibility index (Phi) is 3.17. The fraction of sp³-hybridized carbons (Fsp3) is 0.118. The first kappa shape index (κ1) is 13.7. The number of fused-ring (bicyclic) bond motifs is 3. The van der Waals surface area contributed by atoms with Gasteiger partial charge in [0.25, 0.3) is 5.56 Å². The second-order valence-electron chi connectivity index (χ2n) is 5.31. The summed E-state index contributed by atoms with van der Waals surface area (Å²) in [6, 6.07) is 11.4. The molecule has 6 heteroatoms. The highest BCUT2D eigenvalue weighted by Gasteiger charge is 2.15. The molecule has 4 rings (SSSR count). The molecule has 0 saturated heterocycles. The van der Waals surface area contributed by atoms with Gasteiger partial charge in [-0.1, -0.05) is 18.2 Å². The van der Waals surface area contributed by atoms with Crippen LogP contribution in [-0.4, -0.2) is 24.0 Å². The Bertz CT molecular complexity index is 1050. The quantitative estimate of drug-likeness (QED) is 0.624. The molecule has 0 aliphatic heterocycles. The van der Waals surface area contributed by atoms with Crippen molar-refractivity contribution in [1.29, 1.82) is 0 Å². The fourth-order valence-corrected chi connectivity index (χ4v) is 2.87. The van der Waals surface area contributed by atoms with Crippen molar-refractivity contribution >= 4 is 16.6 Å². The van der Waals surface area contributed by atoms with Crippen molar-refractivity contribution in [2.45, 2.75) is 13.2 Å². The molecule has 0 radical (unpaired) electrons. The molecule has 0 bridgehead atoms. The van der Waals surface area contributed by atoms with Gasteiger partial charge in [-0.3, -0.25) is 14.2 Å². The third kappa shape index (κ3) is 2.11. The van der Waals surface area contributed by atoms with Gasteiger partial charge in [0.15, 0.2) is 0 Å². The molecule has 3 heterocycles. The van der Waals surface area contributed by atoms with Gasteiger partial charge in [-0.2, -0.15) is 0 Å². The lowest BCUT2D eigenvalue weighted by Crippen LogP contribution is -2.24. The Labute approximate surface area is 131 Å². The van der Waals surface area contributed by atoms with E-state index < -0.39 is 0 Å². The highest BCUT2D eigenvalue weighted by Crippen LogP contribution is 2.17. The SMILES string of the molecule is O=c1c2c(CO)ncn2c2ccccc2n1Cc1cccnc1. The number of hydrogen-bond acceptors (Lipinski definition) is 4. The first-order valence-corrected chi connectivity index (χ1v) is 7.27. The molecule has 0 aliphatic carbocycles. The van der Waals surface area contributed by atoms with Crippen molar-refractivity contribution in [3.05, 3.63) is 76.7 Å². The van der Waals surface area contributed by atoms with Gasteiger partial charge in [0.05, 0.1) is 29.9 Å². The number of imidazole rings is 1. The minimum Gasteiger partial charge on any atom is -0.390 e. The molecule has 4 aromatic rings. The van der Waals surface area contributed by atoms with Gasteiger partial charge in [0.1, 0.15) is 11.8 Å². The molecular formula is C17H14N4O2. The van der Waals surface area contributed by atoms with E-state index in [0.717, 1.165) is 16.6 Å². The van der Waals surface area contributed by atoms with Crippen LogP contribution in [0.2, 0.25) is 0 Å². The molecule has 0 saturated carbocycles. The molecule has 23 heavy (non-hydrogen) atoms. The van der Waals surface area contributed by atoms with E-state index in [2.05, 4.69) is 9.97 Å². The van der Waals surface area contributed by atoms with E-state index in [-0.39, 0.29) is 12.2 Å². The number of aliphatic hydroxyl groups excluding tert-OH is 1. The monoisotopic (exact) mass is 306 g/mol. The predicted octanol–water partition coefficient (Wildman–Crippen LogP) is 1.58. The number of nitrogens with zero attached hydrogens (tertiary/aromatic N) is 4. The van der Waals surface area contributed by atoms with Gasteiger partial charge in [0.2, 0.25) is 0 Å². The summed E-state index contributed by atoms with van der Waals surface area (Å²) in [5.74, 6) is 0. The van der Waals surface area contributed by atoms with Gasteiger partial charge < -0.3 is 9.67 Å². The fourth-order valence-electron chi connectivity index (χ4n) is 2.87. The first-order chi connectivity index (χ1) is 11.3. The Morgan fingerprint density at radius 1 is 1.09 bits per heavy atom. The van der Waals surface area contributed by atoms with Crippen molar-refractivity contribution in [2.24, 2.45) is 0 Å². The van der Waals surface area contributed by atoms with Gasteiger partial charge in [0, 0.05) is 12.4 Å². The zero-order valence-electron chi connectivity index (χ0n) is 12.3. The highest BCUT2D eigenvalue weighted by molar-refractivity contribution is 5.79. The third-order valence-corrected chi connectivity index (χ3v) is 3.94. The molecule has 3 aromatic heterocycles. The number of para-hydroxylation sites is 2. The maximum absolute atomic E-state index is 13.0. The van der Waals surface area contributed by atoms with Gasteiger partial charge >= 0.3 is 0 Å². The summed E-state index contributed by atoms with van der Waals surface area (Å²) in [7, 11) is 0. The van der Waals surface area contributed by atoms with E-state index in [1.54, 1.807) is 27.7 Å². The summed E-state index contributed by atoms with van der Waals surface area (Å²) in [5, 5.41) is 9.47. The van der Waals surface area contributed by atoms with Crippen LogP contribution < -0.4 is 5.56 Å². The summed E-state index contributed by atoms with van der Waals surface area (Å²) in [6.45, 7) is 0.150. The molecular weight excluding hydrogens is 292 g/mol. The van der Waals surface area contributed by atoms with Gasteiger partial charge in [-0.25, -0.2) is 4.98 Å². The van der Waals surface area contributed by atoms with Crippen LogP contribution in [0.4, 0.5) is 0 Å². The van der Waals surface area contributed by atoms with E-state index in [1.807, 2.05) is 36.4 Å². The minimum atomic E-state index is -0.267. The summed E-state index contributed by atoms with van der Waals surface area (Å²) in [5.41, 5.74) is 3.26. The van der Waals surface area contributed by atoms with E-state index >= 15 is 0 Å². The molecule has 0 unspecified atom stereocenters. The standard InChI is InChI=1S/C17H14N4O2/c22-10-13-16-17(23)20(9-12-4-3-7-18-8-12)14-5-1-2-6-15(14)21(16)11-19-13/h1-8,11,22H,9-10H2. The number of rotatable bonds is 3. The van der Waals surface area contributed by atoms with Crippen LogP contribution in [0.25, 0.3) is 16.6 Å². The van der Waals surface area contributed by atoms with E-state index in [4.69, 9.17) is 0 Å². The summed E-state index contributed by atoms with van der Waals surface area (Å²) in [4.78, 5) is 21.2. The highest BCUT2D eigenvalue weighted by atomic mass is 16.3. The Morgan fingerprint density at radius 3 is 2.65 bits per heavy atom. The summed E-state index contributed by atoms with van der Waals surface area (Å²) in [6.07, 6.45) is 5.03. The number of aliphatic hydroxyl groups is 1. The summed E-state index contributed by atoms with van der Waals surface area (Å²) >= 11 is 0. The molecule has 1 aromatic carbocycles. The van der Waals surface area contributed by atoms with E-state index in [0.29, 0.717) is 17.8 Å². The Balaban J connectivity index is 2.08. The van der Waals surface area contributed by atoms with Crippen molar-refractivity contribution in [3.8, 4) is 0 Å². The van der Waals surface area contributed by atoms with Crippen molar-refractivity contribution < 1.29 is 5.11 Å². The zero-order valence-corrected chi connectivity index (χ0v) is 12.3. The predicted molar refractivity (Wildman–Crippen MR) is 86.2 cm³/mol. The number of benzene rings is 1. The van der Waals surface area contributed by atoms with Crippen LogP contribution in [-0.2, 0) is 13.2 Å². The normalized spacial score (nSPS) is 11.3. The van der Waals surface area contributed by atoms with E-state index in [9.17, 15) is 9.90 Å². The van der Waals surface area contributed by atoms with Crippen LogP contribution >= 0.6 is 0 Å². The zero-order chi connectivity index (χ0) is 15.8. The lowest BCUT2D eigenvalue weighted by atomic mass is 10.2. The molecule has 0 atom stereocenters. The van der Waals surface area contributed by atoms with E-state index in [1.165, 1.54) is 0 Å². The molecule has 0 aliphatic rings. The number of pyridine rings is 1. The largest absolute Gasteiger partial charge is 0.390 e. The average Bonchev–Trinajstić information content (AvgIpc) is 3.04. The van der Waals surface area contributed by atoms with Crippen molar-refractivity contribution in [2.75, 3.05) is 0 Å². The van der Waals surface area contributed by atoms with Crippen molar-refractivity contribution in [1.82, 2.24) is 18.9 Å². The Morgan fingerprint density at radius 2 is 1.91 bits per heavy atom. The molecule has 114 valence electrons. The molecule has 6 nitrogen and oxygen atoms in total. The maximum atomic E-state index is 13.0. The van der Waals surface area contributed by atoms with Gasteiger partial charge in [-0.05, 0) is 23.8 Å². The average molecular weight is 306 g/mol. The number of hydrogen-bond donors (Lipinski definition) is 1. The number of aromatic nitrogens is 4. The first-order valence-electron chi connectivity index (χ1n) is 7.27. The van der Waals surface area contributed by atoms with Crippen LogP contribution in [0.3, 0.4) is 0 Å². The van der Waals surface area contributed by atoms with Gasteiger partial charge in [-0.15, -0.1) is 0 Å². The second-order valence-corrected chi connectivity index (χ2v) is 5.31.